The van der Waals surface area contributed by atoms with E-state index in [0.29, 0.717) is 13.0 Å². The van der Waals surface area contributed by atoms with Crippen molar-refractivity contribution in [2.75, 3.05) is 13.1 Å². The van der Waals surface area contributed by atoms with Gasteiger partial charge < -0.3 is 10.4 Å². The van der Waals surface area contributed by atoms with E-state index in [4.69, 9.17) is 5.26 Å². The lowest BCUT2D eigenvalue weighted by molar-refractivity contribution is 0.0466. The number of nitrogens with one attached hydrogen (secondary N) is 1. The van der Waals surface area contributed by atoms with E-state index in [1.54, 1.807) is 0 Å². The molecule has 0 aromatic carbocycles. The Hall–Kier alpha value is -0.590. The molecule has 0 heterocycles. The van der Waals surface area contributed by atoms with Crippen LogP contribution in [0.3, 0.4) is 0 Å². The Morgan fingerprint density at radius 1 is 1.13 bits per heavy atom. The van der Waals surface area contributed by atoms with Gasteiger partial charge in [-0.2, -0.15) is 5.26 Å². The predicted octanol–water partition coefficient (Wildman–Crippen LogP) is 1.57. The second-order valence-corrected chi connectivity index (χ2v) is 5.37. The van der Waals surface area contributed by atoms with Crippen LogP contribution in [-0.4, -0.2) is 23.8 Å². The van der Waals surface area contributed by atoms with Gasteiger partial charge in [-0.3, -0.25) is 0 Å². The molecule has 0 amide bonds. The van der Waals surface area contributed by atoms with Gasteiger partial charge in [0.05, 0.1) is 11.7 Å². The summed E-state index contributed by atoms with van der Waals surface area (Å²) >= 11 is 0. The lowest BCUT2D eigenvalue weighted by Crippen LogP contribution is -2.40. The molecule has 3 heteroatoms. The first kappa shape index (κ1) is 10.9. The van der Waals surface area contributed by atoms with E-state index in [9.17, 15) is 5.11 Å². The summed E-state index contributed by atoms with van der Waals surface area (Å²) in [5, 5.41) is 22.1. The standard InChI is InChI=1S/C12H20N2O/c13-8-7-11(5-6-11)9-14-10-12(15)3-1-2-4-12/h14-15H,1-7,9-10H2. The maximum absolute atomic E-state index is 10.1. The Morgan fingerprint density at radius 2 is 1.80 bits per heavy atom. The Morgan fingerprint density at radius 3 is 2.33 bits per heavy atom. The molecular weight excluding hydrogens is 188 g/mol. The van der Waals surface area contributed by atoms with E-state index < -0.39 is 5.60 Å². The van der Waals surface area contributed by atoms with E-state index in [1.807, 2.05) is 0 Å². The SMILES string of the molecule is N#CCC1(CNCC2(O)CCCC2)CC1. The average molecular weight is 208 g/mol. The molecule has 3 nitrogen and oxygen atoms in total. The number of hydrogen-bond donors (Lipinski definition) is 2. The van der Waals surface area contributed by atoms with Crippen molar-refractivity contribution in [3.8, 4) is 6.07 Å². The van der Waals surface area contributed by atoms with E-state index >= 15 is 0 Å². The van der Waals surface area contributed by atoms with Crippen molar-refractivity contribution in [1.29, 1.82) is 5.26 Å². The summed E-state index contributed by atoms with van der Waals surface area (Å²) in [7, 11) is 0. The van der Waals surface area contributed by atoms with Gasteiger partial charge in [0.25, 0.3) is 0 Å². The largest absolute Gasteiger partial charge is 0.389 e. The highest BCUT2D eigenvalue weighted by molar-refractivity contribution is 5.01. The zero-order chi connectivity index (χ0) is 10.8. The fraction of sp³-hybridized carbons (Fsp3) is 0.917. The molecule has 0 aliphatic heterocycles. The second kappa shape index (κ2) is 4.11. The van der Waals surface area contributed by atoms with Gasteiger partial charge in [-0.25, -0.2) is 0 Å². The van der Waals surface area contributed by atoms with Gasteiger partial charge in [-0.15, -0.1) is 0 Å². The number of nitriles is 1. The van der Waals surface area contributed by atoms with Crippen LogP contribution in [0.1, 0.15) is 44.9 Å². The monoisotopic (exact) mass is 208 g/mol. The molecule has 2 aliphatic rings. The molecule has 0 aromatic rings. The molecule has 0 unspecified atom stereocenters. The molecule has 84 valence electrons. The number of hydrogen-bond acceptors (Lipinski definition) is 3. The van der Waals surface area contributed by atoms with Crippen molar-refractivity contribution in [3.63, 3.8) is 0 Å². The number of rotatable bonds is 5. The average Bonchev–Trinajstić information content (AvgIpc) is 2.81. The molecule has 0 spiro atoms. The summed E-state index contributed by atoms with van der Waals surface area (Å²) in [6, 6.07) is 2.26. The van der Waals surface area contributed by atoms with E-state index in [2.05, 4.69) is 11.4 Å². The first-order valence-electron chi connectivity index (χ1n) is 5.98. The van der Waals surface area contributed by atoms with Gasteiger partial charge in [0, 0.05) is 19.5 Å². The van der Waals surface area contributed by atoms with Crippen LogP contribution in [0.5, 0.6) is 0 Å². The van der Waals surface area contributed by atoms with Gasteiger partial charge >= 0.3 is 0 Å². The normalized spacial score (nSPS) is 26.1. The quantitative estimate of drug-likeness (QED) is 0.721. The second-order valence-electron chi connectivity index (χ2n) is 5.37. The van der Waals surface area contributed by atoms with Crippen molar-refractivity contribution in [3.05, 3.63) is 0 Å². The highest BCUT2D eigenvalue weighted by atomic mass is 16.3. The van der Waals surface area contributed by atoms with E-state index in [-0.39, 0.29) is 5.41 Å². The Bertz CT molecular complexity index is 259. The Balaban J connectivity index is 1.69. The predicted molar refractivity (Wildman–Crippen MR) is 58.2 cm³/mol. The molecule has 0 bridgehead atoms. The number of nitrogens with zero attached hydrogens (tertiary/aromatic N) is 1. The molecule has 0 saturated heterocycles. The van der Waals surface area contributed by atoms with Crippen molar-refractivity contribution >= 4 is 0 Å². The maximum atomic E-state index is 10.1. The minimum atomic E-state index is -0.456. The molecule has 0 atom stereocenters. The van der Waals surface area contributed by atoms with E-state index in [1.165, 1.54) is 12.8 Å². The first-order chi connectivity index (χ1) is 7.18. The summed E-state index contributed by atoms with van der Waals surface area (Å²) in [6.07, 6.45) is 7.19. The van der Waals surface area contributed by atoms with Gasteiger partial charge in [0.2, 0.25) is 0 Å². The van der Waals surface area contributed by atoms with Gasteiger partial charge in [-0.1, -0.05) is 12.8 Å². The third kappa shape index (κ3) is 2.70. The van der Waals surface area contributed by atoms with Crippen LogP contribution in [0.2, 0.25) is 0 Å². The first-order valence-corrected chi connectivity index (χ1v) is 5.98. The zero-order valence-electron chi connectivity index (χ0n) is 9.26. The molecule has 2 N–H and O–H groups in total. The highest BCUT2D eigenvalue weighted by Gasteiger charge is 2.42. The molecule has 2 rings (SSSR count). The molecule has 2 aliphatic carbocycles. The maximum Gasteiger partial charge on any atom is 0.0771 e. The van der Waals surface area contributed by atoms with Crippen LogP contribution in [0.25, 0.3) is 0 Å². The summed E-state index contributed by atoms with van der Waals surface area (Å²) in [5.74, 6) is 0. The van der Waals surface area contributed by atoms with Gasteiger partial charge in [0.1, 0.15) is 0 Å². The molecule has 0 aromatic heterocycles. The Kier molecular flexibility index (Phi) is 2.99. The van der Waals surface area contributed by atoms with Crippen molar-refractivity contribution < 1.29 is 5.11 Å². The van der Waals surface area contributed by atoms with Crippen molar-refractivity contribution in [2.45, 2.75) is 50.5 Å². The van der Waals surface area contributed by atoms with Crippen LogP contribution in [0.15, 0.2) is 0 Å². The summed E-state index contributed by atoms with van der Waals surface area (Å²) in [6.45, 7) is 1.61. The zero-order valence-corrected chi connectivity index (χ0v) is 9.26. The minimum absolute atomic E-state index is 0.254. The van der Waals surface area contributed by atoms with Crippen molar-refractivity contribution in [1.82, 2.24) is 5.32 Å². The third-order valence-electron chi connectivity index (χ3n) is 3.90. The molecule has 2 fully saturated rings. The van der Waals surface area contributed by atoms with Crippen LogP contribution in [0, 0.1) is 16.7 Å². The summed E-state index contributed by atoms with van der Waals surface area (Å²) < 4.78 is 0. The minimum Gasteiger partial charge on any atom is -0.389 e. The fourth-order valence-electron chi connectivity index (χ4n) is 2.53. The smallest absolute Gasteiger partial charge is 0.0771 e. The highest BCUT2D eigenvalue weighted by Crippen LogP contribution is 2.47. The van der Waals surface area contributed by atoms with Crippen LogP contribution < -0.4 is 5.32 Å². The summed E-state index contributed by atoms with van der Waals surface area (Å²) in [4.78, 5) is 0. The number of aliphatic hydroxyl groups is 1. The van der Waals surface area contributed by atoms with Crippen LogP contribution in [-0.2, 0) is 0 Å². The summed E-state index contributed by atoms with van der Waals surface area (Å²) in [5.41, 5.74) is -0.202. The van der Waals surface area contributed by atoms with E-state index in [0.717, 1.165) is 32.2 Å². The Labute approximate surface area is 91.5 Å². The molecular formula is C12H20N2O. The fourth-order valence-corrected chi connectivity index (χ4v) is 2.53. The van der Waals surface area contributed by atoms with Crippen LogP contribution in [0.4, 0.5) is 0 Å². The molecule has 2 saturated carbocycles. The van der Waals surface area contributed by atoms with Gasteiger partial charge in [0.15, 0.2) is 0 Å². The topological polar surface area (TPSA) is 56.0 Å². The van der Waals surface area contributed by atoms with Crippen LogP contribution >= 0.6 is 0 Å². The lowest BCUT2D eigenvalue weighted by atomic mass is 10.0. The third-order valence-corrected chi connectivity index (χ3v) is 3.90. The molecule has 0 radical (unpaired) electrons. The molecule has 15 heavy (non-hydrogen) atoms. The lowest BCUT2D eigenvalue weighted by Gasteiger charge is -2.24. The van der Waals surface area contributed by atoms with Gasteiger partial charge in [-0.05, 0) is 31.1 Å². The van der Waals surface area contributed by atoms with Crippen molar-refractivity contribution in [2.24, 2.45) is 5.41 Å².